The quantitative estimate of drug-likeness (QED) is 0.933. The van der Waals surface area contributed by atoms with Crippen LogP contribution in [0, 0.1) is 12.8 Å². The molecule has 1 amide bonds. The SMILES string of the molecule is CCc1cc(C(=O)N2CCC(C(=O)O)C2)sc1C.Cl. The maximum absolute atomic E-state index is 12.2. The molecule has 1 aliphatic rings. The third-order valence-electron chi connectivity index (χ3n) is 3.44. The Morgan fingerprint density at radius 3 is 2.68 bits per heavy atom. The Kier molecular flexibility index (Phi) is 5.38. The molecule has 6 heteroatoms. The second-order valence-corrected chi connectivity index (χ2v) is 5.88. The van der Waals surface area contributed by atoms with Gasteiger partial charge in [0.1, 0.15) is 0 Å². The lowest BCUT2D eigenvalue weighted by Gasteiger charge is -2.14. The van der Waals surface area contributed by atoms with Crippen molar-refractivity contribution in [3.8, 4) is 0 Å². The summed E-state index contributed by atoms with van der Waals surface area (Å²) >= 11 is 1.50. The molecule has 1 atom stereocenters. The minimum atomic E-state index is -0.804. The van der Waals surface area contributed by atoms with Crippen LogP contribution in [0.5, 0.6) is 0 Å². The summed E-state index contributed by atoms with van der Waals surface area (Å²) in [6, 6.07) is 1.94. The van der Waals surface area contributed by atoms with E-state index in [0.29, 0.717) is 19.5 Å². The number of hydrogen-bond donors (Lipinski definition) is 1. The molecule has 19 heavy (non-hydrogen) atoms. The number of thiophene rings is 1. The number of likely N-dealkylation sites (tertiary alicyclic amines) is 1. The molecule has 0 saturated carbocycles. The van der Waals surface area contributed by atoms with Crippen molar-refractivity contribution in [3.05, 3.63) is 21.4 Å². The molecular formula is C13H18ClNO3S. The second kappa shape index (κ2) is 6.39. The van der Waals surface area contributed by atoms with Gasteiger partial charge in [0, 0.05) is 18.0 Å². The van der Waals surface area contributed by atoms with Crippen LogP contribution in [0.25, 0.3) is 0 Å². The van der Waals surface area contributed by atoms with E-state index in [1.807, 2.05) is 13.0 Å². The van der Waals surface area contributed by atoms with Gasteiger partial charge in [0.15, 0.2) is 0 Å². The highest BCUT2D eigenvalue weighted by Gasteiger charge is 2.31. The van der Waals surface area contributed by atoms with E-state index >= 15 is 0 Å². The normalized spacial score (nSPS) is 18.2. The zero-order valence-electron chi connectivity index (χ0n) is 11.0. The summed E-state index contributed by atoms with van der Waals surface area (Å²) in [6.45, 7) is 4.98. The largest absolute Gasteiger partial charge is 0.481 e. The molecule has 2 heterocycles. The maximum atomic E-state index is 12.2. The number of carboxylic acid groups (broad SMARTS) is 1. The van der Waals surface area contributed by atoms with Crippen molar-refractivity contribution in [2.75, 3.05) is 13.1 Å². The van der Waals surface area contributed by atoms with Gasteiger partial charge in [-0.1, -0.05) is 6.92 Å². The first-order valence-corrected chi connectivity index (χ1v) is 6.96. The molecule has 4 nitrogen and oxygen atoms in total. The van der Waals surface area contributed by atoms with E-state index in [1.54, 1.807) is 4.90 Å². The van der Waals surface area contributed by atoms with Crippen LogP contribution in [0.2, 0.25) is 0 Å². The van der Waals surface area contributed by atoms with E-state index in [9.17, 15) is 9.59 Å². The van der Waals surface area contributed by atoms with Crippen LogP contribution in [0.1, 0.15) is 33.5 Å². The lowest BCUT2D eigenvalue weighted by molar-refractivity contribution is -0.141. The maximum Gasteiger partial charge on any atom is 0.308 e. The van der Waals surface area contributed by atoms with Crippen molar-refractivity contribution in [2.45, 2.75) is 26.7 Å². The molecule has 1 aromatic heterocycles. The molecule has 2 rings (SSSR count). The Balaban J connectivity index is 0.00000180. The minimum absolute atomic E-state index is 0. The van der Waals surface area contributed by atoms with Gasteiger partial charge in [0.2, 0.25) is 0 Å². The summed E-state index contributed by atoms with van der Waals surface area (Å²) in [4.78, 5) is 26.7. The lowest BCUT2D eigenvalue weighted by Crippen LogP contribution is -2.29. The van der Waals surface area contributed by atoms with Crippen LogP contribution in [0.4, 0.5) is 0 Å². The molecule has 1 N–H and O–H groups in total. The highest BCUT2D eigenvalue weighted by Crippen LogP contribution is 2.26. The first-order chi connectivity index (χ1) is 8.52. The fraction of sp³-hybridized carbons (Fsp3) is 0.538. The summed E-state index contributed by atoms with van der Waals surface area (Å²) < 4.78 is 0. The number of hydrogen-bond acceptors (Lipinski definition) is 3. The van der Waals surface area contributed by atoms with Gasteiger partial charge in [-0.2, -0.15) is 0 Å². The number of nitrogens with zero attached hydrogens (tertiary/aromatic N) is 1. The van der Waals surface area contributed by atoms with Gasteiger partial charge < -0.3 is 10.0 Å². The molecular weight excluding hydrogens is 286 g/mol. The first-order valence-electron chi connectivity index (χ1n) is 6.14. The van der Waals surface area contributed by atoms with Gasteiger partial charge in [0.05, 0.1) is 10.8 Å². The molecule has 1 fully saturated rings. The number of carbonyl (C=O) groups excluding carboxylic acids is 1. The molecule has 1 aromatic rings. The van der Waals surface area contributed by atoms with Gasteiger partial charge in [-0.05, 0) is 31.4 Å². The summed E-state index contributed by atoms with van der Waals surface area (Å²) in [5, 5.41) is 8.93. The van der Waals surface area contributed by atoms with E-state index in [4.69, 9.17) is 5.11 Å². The number of carboxylic acids is 1. The van der Waals surface area contributed by atoms with Crippen LogP contribution in [-0.4, -0.2) is 35.0 Å². The molecule has 0 bridgehead atoms. The van der Waals surface area contributed by atoms with E-state index in [1.165, 1.54) is 21.8 Å². The average molecular weight is 304 g/mol. The third kappa shape index (κ3) is 3.28. The van der Waals surface area contributed by atoms with Gasteiger partial charge in [-0.15, -0.1) is 23.7 Å². The summed E-state index contributed by atoms with van der Waals surface area (Å²) in [5.41, 5.74) is 1.21. The molecule has 106 valence electrons. The molecule has 1 unspecified atom stereocenters. The minimum Gasteiger partial charge on any atom is -0.481 e. The highest BCUT2D eigenvalue weighted by atomic mass is 35.5. The Labute approximate surface area is 122 Å². The fourth-order valence-corrected chi connectivity index (χ4v) is 3.36. The highest BCUT2D eigenvalue weighted by molar-refractivity contribution is 7.14. The Hall–Kier alpha value is -1.07. The van der Waals surface area contributed by atoms with Crippen LogP contribution in [-0.2, 0) is 11.2 Å². The van der Waals surface area contributed by atoms with Gasteiger partial charge in [-0.3, -0.25) is 9.59 Å². The van der Waals surface area contributed by atoms with Crippen molar-refractivity contribution in [3.63, 3.8) is 0 Å². The molecule has 1 aliphatic heterocycles. The van der Waals surface area contributed by atoms with Crippen molar-refractivity contribution in [2.24, 2.45) is 5.92 Å². The third-order valence-corrected chi connectivity index (χ3v) is 4.52. The molecule has 0 spiro atoms. The van der Waals surface area contributed by atoms with Crippen molar-refractivity contribution in [1.29, 1.82) is 0 Å². The zero-order valence-corrected chi connectivity index (χ0v) is 12.6. The Bertz CT molecular complexity index is 486. The van der Waals surface area contributed by atoms with Gasteiger partial charge >= 0.3 is 5.97 Å². The number of halogens is 1. The van der Waals surface area contributed by atoms with E-state index in [-0.39, 0.29) is 18.3 Å². The number of amides is 1. The zero-order chi connectivity index (χ0) is 13.3. The predicted octanol–water partition coefficient (Wildman–Crippen LogP) is 2.59. The van der Waals surface area contributed by atoms with E-state index in [2.05, 4.69) is 6.92 Å². The van der Waals surface area contributed by atoms with Crippen LogP contribution >= 0.6 is 23.7 Å². The molecule has 0 aromatic carbocycles. The predicted molar refractivity (Wildman–Crippen MR) is 77.3 cm³/mol. The van der Waals surface area contributed by atoms with Gasteiger partial charge in [-0.25, -0.2) is 0 Å². The topological polar surface area (TPSA) is 57.6 Å². The summed E-state index contributed by atoms with van der Waals surface area (Å²) in [5.74, 6) is -1.23. The molecule has 0 aliphatic carbocycles. The smallest absolute Gasteiger partial charge is 0.308 e. The summed E-state index contributed by atoms with van der Waals surface area (Å²) in [7, 11) is 0. The van der Waals surface area contributed by atoms with Crippen molar-refractivity contribution >= 4 is 35.6 Å². The van der Waals surface area contributed by atoms with Crippen LogP contribution < -0.4 is 0 Å². The van der Waals surface area contributed by atoms with Crippen LogP contribution in [0.3, 0.4) is 0 Å². The monoisotopic (exact) mass is 303 g/mol. The van der Waals surface area contributed by atoms with E-state index < -0.39 is 11.9 Å². The van der Waals surface area contributed by atoms with Crippen molar-refractivity contribution < 1.29 is 14.7 Å². The number of aryl methyl sites for hydroxylation is 2. The van der Waals surface area contributed by atoms with Crippen LogP contribution in [0.15, 0.2) is 6.07 Å². The number of aliphatic carboxylic acids is 1. The fourth-order valence-electron chi connectivity index (χ4n) is 2.28. The Morgan fingerprint density at radius 1 is 1.53 bits per heavy atom. The molecule has 0 radical (unpaired) electrons. The standard InChI is InChI=1S/C13H17NO3S.ClH/c1-3-9-6-11(18-8(9)2)12(15)14-5-4-10(7-14)13(16)17;/h6,10H,3-5,7H2,1-2H3,(H,16,17);1H. The lowest BCUT2D eigenvalue weighted by atomic mass is 10.1. The number of carbonyl (C=O) groups is 2. The number of rotatable bonds is 3. The average Bonchev–Trinajstić information content (AvgIpc) is 2.94. The van der Waals surface area contributed by atoms with E-state index in [0.717, 1.165) is 11.3 Å². The summed E-state index contributed by atoms with van der Waals surface area (Å²) in [6.07, 6.45) is 1.49. The Morgan fingerprint density at radius 2 is 2.21 bits per heavy atom. The first kappa shape index (κ1) is 16.0. The van der Waals surface area contributed by atoms with Crippen molar-refractivity contribution in [1.82, 2.24) is 4.90 Å². The molecule has 1 saturated heterocycles. The van der Waals surface area contributed by atoms with Gasteiger partial charge in [0.25, 0.3) is 5.91 Å². The second-order valence-electron chi connectivity index (χ2n) is 4.62.